The molecular formula is C16H11F3N4O. The van der Waals surface area contributed by atoms with Crippen molar-refractivity contribution in [2.75, 3.05) is 5.32 Å². The first-order valence-corrected chi connectivity index (χ1v) is 6.86. The summed E-state index contributed by atoms with van der Waals surface area (Å²) in [6.45, 7) is 0. The van der Waals surface area contributed by atoms with Gasteiger partial charge in [-0.15, -0.1) is 0 Å². The van der Waals surface area contributed by atoms with E-state index in [1.807, 2.05) is 0 Å². The van der Waals surface area contributed by atoms with Crippen molar-refractivity contribution >= 4 is 11.6 Å². The average Bonchev–Trinajstić information content (AvgIpc) is 3.09. The number of pyridine rings is 1. The van der Waals surface area contributed by atoms with Crippen molar-refractivity contribution in [1.29, 1.82) is 0 Å². The molecule has 122 valence electrons. The topological polar surface area (TPSA) is 59.8 Å². The number of aromatic nitrogens is 3. The lowest BCUT2D eigenvalue weighted by Crippen LogP contribution is -2.13. The van der Waals surface area contributed by atoms with Crippen LogP contribution in [0.5, 0.6) is 0 Å². The summed E-state index contributed by atoms with van der Waals surface area (Å²) in [4.78, 5) is 20.1. The normalized spacial score (nSPS) is 11.3. The summed E-state index contributed by atoms with van der Waals surface area (Å²) in [5.74, 6) is 0.0297. The predicted molar refractivity (Wildman–Crippen MR) is 80.8 cm³/mol. The Morgan fingerprint density at radius 3 is 2.62 bits per heavy atom. The molecular weight excluding hydrogens is 321 g/mol. The lowest BCUT2D eigenvalue weighted by atomic mass is 10.2. The Balaban J connectivity index is 1.76. The molecule has 3 aromatic rings. The number of halogens is 3. The first kappa shape index (κ1) is 15.7. The third-order valence-electron chi connectivity index (χ3n) is 3.23. The largest absolute Gasteiger partial charge is 0.416 e. The number of nitrogens with zero attached hydrogens (tertiary/aromatic N) is 3. The van der Waals surface area contributed by atoms with Crippen molar-refractivity contribution in [3.8, 4) is 5.82 Å². The molecule has 3 rings (SSSR count). The molecule has 1 N–H and O–H groups in total. The Morgan fingerprint density at radius 1 is 1.17 bits per heavy atom. The van der Waals surface area contributed by atoms with Gasteiger partial charge in [0.05, 0.1) is 11.1 Å². The van der Waals surface area contributed by atoms with E-state index in [0.717, 1.165) is 12.1 Å². The van der Waals surface area contributed by atoms with Crippen LogP contribution >= 0.6 is 0 Å². The van der Waals surface area contributed by atoms with E-state index >= 15 is 0 Å². The van der Waals surface area contributed by atoms with Gasteiger partial charge in [0.1, 0.15) is 12.1 Å². The van der Waals surface area contributed by atoms with E-state index in [2.05, 4.69) is 15.3 Å². The van der Waals surface area contributed by atoms with Gasteiger partial charge < -0.3 is 5.32 Å². The molecule has 0 unspecified atom stereocenters. The first-order valence-electron chi connectivity index (χ1n) is 6.86. The van der Waals surface area contributed by atoms with Gasteiger partial charge >= 0.3 is 6.18 Å². The van der Waals surface area contributed by atoms with E-state index < -0.39 is 17.6 Å². The number of hydrogen-bond acceptors (Lipinski definition) is 3. The van der Waals surface area contributed by atoms with Crippen LogP contribution in [0.2, 0.25) is 0 Å². The van der Waals surface area contributed by atoms with Crippen molar-refractivity contribution in [2.45, 2.75) is 6.18 Å². The monoisotopic (exact) mass is 332 g/mol. The second-order valence-corrected chi connectivity index (χ2v) is 4.91. The van der Waals surface area contributed by atoms with Crippen molar-refractivity contribution in [3.05, 3.63) is 72.4 Å². The van der Waals surface area contributed by atoms with E-state index in [9.17, 15) is 18.0 Å². The zero-order valence-corrected chi connectivity index (χ0v) is 12.2. The lowest BCUT2D eigenvalue weighted by molar-refractivity contribution is -0.137. The maximum absolute atomic E-state index is 12.7. The second-order valence-electron chi connectivity index (χ2n) is 4.91. The molecule has 0 fully saturated rings. The van der Waals surface area contributed by atoms with Gasteiger partial charge in [0, 0.05) is 24.3 Å². The van der Waals surface area contributed by atoms with Crippen LogP contribution in [0.1, 0.15) is 15.9 Å². The van der Waals surface area contributed by atoms with E-state index in [1.165, 1.54) is 24.4 Å². The zero-order valence-electron chi connectivity index (χ0n) is 12.2. The Hall–Kier alpha value is -3.16. The van der Waals surface area contributed by atoms with E-state index in [1.54, 1.807) is 29.4 Å². The zero-order chi connectivity index (χ0) is 17.2. The lowest BCUT2D eigenvalue weighted by Gasteiger charge is -2.10. The fourth-order valence-electron chi connectivity index (χ4n) is 2.04. The van der Waals surface area contributed by atoms with Crippen molar-refractivity contribution < 1.29 is 18.0 Å². The molecule has 0 radical (unpaired) electrons. The minimum absolute atomic E-state index is 0.0634. The molecule has 0 bridgehead atoms. The number of anilines is 1. The summed E-state index contributed by atoms with van der Waals surface area (Å²) < 4.78 is 39.7. The third-order valence-corrected chi connectivity index (χ3v) is 3.23. The van der Waals surface area contributed by atoms with Crippen molar-refractivity contribution in [2.24, 2.45) is 0 Å². The van der Waals surface area contributed by atoms with Gasteiger partial charge in [0.15, 0.2) is 0 Å². The molecule has 8 heteroatoms. The van der Waals surface area contributed by atoms with Gasteiger partial charge in [-0.25, -0.2) is 9.97 Å². The Labute approximate surface area is 134 Å². The summed E-state index contributed by atoms with van der Waals surface area (Å²) in [5, 5.41) is 2.43. The SMILES string of the molecule is O=C(Nc1cccc(C(F)(F)F)c1)c1ccc(-n2ccnc2)nc1. The second kappa shape index (κ2) is 6.15. The predicted octanol–water partition coefficient (Wildman–Crippen LogP) is 3.54. The number of benzene rings is 1. The van der Waals surface area contributed by atoms with Gasteiger partial charge in [0.2, 0.25) is 0 Å². The van der Waals surface area contributed by atoms with Gasteiger partial charge in [-0.05, 0) is 30.3 Å². The van der Waals surface area contributed by atoms with Gasteiger partial charge in [-0.2, -0.15) is 13.2 Å². The number of carbonyl (C=O) groups is 1. The number of hydrogen-bond donors (Lipinski definition) is 1. The minimum Gasteiger partial charge on any atom is -0.322 e. The fraction of sp³-hybridized carbons (Fsp3) is 0.0625. The highest BCUT2D eigenvalue weighted by molar-refractivity contribution is 6.04. The van der Waals surface area contributed by atoms with Crippen LogP contribution < -0.4 is 5.32 Å². The first-order chi connectivity index (χ1) is 11.4. The number of nitrogens with one attached hydrogen (secondary N) is 1. The summed E-state index contributed by atoms with van der Waals surface area (Å²) in [5.41, 5.74) is -0.529. The van der Waals surface area contributed by atoms with Crippen molar-refractivity contribution in [3.63, 3.8) is 0 Å². The van der Waals surface area contributed by atoms with E-state index in [-0.39, 0.29) is 11.3 Å². The number of imidazole rings is 1. The Morgan fingerprint density at radius 2 is 2.00 bits per heavy atom. The van der Waals surface area contributed by atoms with Gasteiger partial charge in [0.25, 0.3) is 5.91 Å². The van der Waals surface area contributed by atoms with Crippen LogP contribution in [0.4, 0.5) is 18.9 Å². The minimum atomic E-state index is -4.46. The summed E-state index contributed by atoms with van der Waals surface area (Å²) in [6, 6.07) is 7.59. The maximum Gasteiger partial charge on any atom is 0.416 e. The molecule has 0 saturated carbocycles. The molecule has 1 aromatic carbocycles. The highest BCUT2D eigenvalue weighted by Crippen LogP contribution is 2.30. The molecule has 24 heavy (non-hydrogen) atoms. The van der Waals surface area contributed by atoms with E-state index in [4.69, 9.17) is 0 Å². The number of rotatable bonds is 3. The summed E-state index contributed by atoms with van der Waals surface area (Å²) in [7, 11) is 0. The highest BCUT2D eigenvalue weighted by atomic mass is 19.4. The van der Waals surface area contributed by atoms with Gasteiger partial charge in [-0.1, -0.05) is 6.07 Å². The smallest absolute Gasteiger partial charge is 0.322 e. The van der Waals surface area contributed by atoms with E-state index in [0.29, 0.717) is 5.82 Å². The average molecular weight is 332 g/mol. The molecule has 0 aliphatic carbocycles. The molecule has 0 aliphatic rings. The van der Waals surface area contributed by atoms with Crippen LogP contribution in [0.15, 0.2) is 61.3 Å². The third kappa shape index (κ3) is 3.43. The molecule has 2 aromatic heterocycles. The maximum atomic E-state index is 12.7. The standard InChI is InChI=1S/C16H11F3N4O/c17-16(18,19)12-2-1-3-13(8-12)22-15(24)11-4-5-14(21-9-11)23-7-6-20-10-23/h1-10H,(H,22,24). The Kier molecular flexibility index (Phi) is 4.03. The number of carbonyl (C=O) groups excluding carboxylic acids is 1. The van der Waals surface area contributed by atoms with Crippen molar-refractivity contribution in [1.82, 2.24) is 14.5 Å². The fourth-order valence-corrected chi connectivity index (χ4v) is 2.04. The molecule has 2 heterocycles. The molecule has 0 spiro atoms. The number of amides is 1. The molecule has 0 atom stereocenters. The Bertz CT molecular complexity index is 843. The highest BCUT2D eigenvalue weighted by Gasteiger charge is 2.30. The summed E-state index contributed by atoms with van der Waals surface area (Å²) >= 11 is 0. The summed E-state index contributed by atoms with van der Waals surface area (Å²) in [6.07, 6.45) is 1.73. The molecule has 0 aliphatic heterocycles. The van der Waals surface area contributed by atoms with Crippen LogP contribution in [-0.2, 0) is 6.18 Å². The molecule has 5 nitrogen and oxygen atoms in total. The molecule has 0 saturated heterocycles. The van der Waals surface area contributed by atoms with Crippen LogP contribution in [-0.4, -0.2) is 20.4 Å². The quantitative estimate of drug-likeness (QED) is 0.798. The molecule has 1 amide bonds. The van der Waals surface area contributed by atoms with Gasteiger partial charge in [-0.3, -0.25) is 9.36 Å². The van der Waals surface area contributed by atoms with Crippen LogP contribution in [0.3, 0.4) is 0 Å². The van der Waals surface area contributed by atoms with Crippen LogP contribution in [0.25, 0.3) is 5.82 Å². The van der Waals surface area contributed by atoms with Crippen LogP contribution in [0, 0.1) is 0 Å². The number of alkyl halides is 3.